The molecule has 0 unspecified atom stereocenters. The highest BCUT2D eigenvalue weighted by molar-refractivity contribution is 5.73. The molecular formula is C15H15FN2O3. The smallest absolute Gasteiger partial charge is 0.330 e. The Kier molecular flexibility index (Phi) is 4.47. The summed E-state index contributed by atoms with van der Waals surface area (Å²) in [6.07, 6.45) is 0. The SMILES string of the molecule is CCOC(=O)[C@H](C)n1nc(-c2ccc(F)cc2)ccc1=O. The predicted octanol–water partition coefficient (Wildman–Crippen LogP) is 2.17. The van der Waals surface area contributed by atoms with Crippen LogP contribution in [0.3, 0.4) is 0 Å². The van der Waals surface area contributed by atoms with Crippen molar-refractivity contribution >= 4 is 5.97 Å². The molecule has 6 heteroatoms. The molecule has 1 atom stereocenters. The summed E-state index contributed by atoms with van der Waals surface area (Å²) in [7, 11) is 0. The highest BCUT2D eigenvalue weighted by atomic mass is 19.1. The van der Waals surface area contributed by atoms with Crippen molar-refractivity contribution in [3.8, 4) is 11.3 Å². The van der Waals surface area contributed by atoms with Crippen LogP contribution >= 0.6 is 0 Å². The second-order valence-corrected chi connectivity index (χ2v) is 4.44. The van der Waals surface area contributed by atoms with Crippen LogP contribution in [0.1, 0.15) is 19.9 Å². The van der Waals surface area contributed by atoms with Gasteiger partial charge in [-0.05, 0) is 44.2 Å². The van der Waals surface area contributed by atoms with E-state index in [4.69, 9.17) is 4.74 Å². The summed E-state index contributed by atoms with van der Waals surface area (Å²) in [5.41, 5.74) is 0.730. The van der Waals surface area contributed by atoms with Crippen molar-refractivity contribution < 1.29 is 13.9 Å². The van der Waals surface area contributed by atoms with Gasteiger partial charge in [-0.2, -0.15) is 5.10 Å². The number of carbonyl (C=O) groups is 1. The van der Waals surface area contributed by atoms with Crippen molar-refractivity contribution in [2.75, 3.05) is 6.61 Å². The molecule has 0 amide bonds. The van der Waals surface area contributed by atoms with Gasteiger partial charge in [-0.25, -0.2) is 13.9 Å². The summed E-state index contributed by atoms with van der Waals surface area (Å²) in [6.45, 7) is 3.46. The summed E-state index contributed by atoms with van der Waals surface area (Å²) in [4.78, 5) is 23.6. The number of halogens is 1. The van der Waals surface area contributed by atoms with E-state index in [0.29, 0.717) is 11.3 Å². The third-order valence-electron chi connectivity index (χ3n) is 2.96. The molecule has 2 rings (SSSR count). The van der Waals surface area contributed by atoms with Gasteiger partial charge in [0.25, 0.3) is 5.56 Å². The molecule has 5 nitrogen and oxygen atoms in total. The van der Waals surface area contributed by atoms with Crippen LogP contribution in [-0.4, -0.2) is 22.4 Å². The number of rotatable bonds is 4. The number of hydrogen-bond acceptors (Lipinski definition) is 4. The number of esters is 1. The third-order valence-corrected chi connectivity index (χ3v) is 2.96. The van der Waals surface area contributed by atoms with E-state index in [1.165, 1.54) is 24.3 Å². The molecule has 0 aliphatic rings. The van der Waals surface area contributed by atoms with E-state index < -0.39 is 17.6 Å². The fourth-order valence-electron chi connectivity index (χ4n) is 1.84. The first kappa shape index (κ1) is 14.9. The maximum atomic E-state index is 12.9. The quantitative estimate of drug-likeness (QED) is 0.810. The number of aromatic nitrogens is 2. The largest absolute Gasteiger partial charge is 0.464 e. The maximum Gasteiger partial charge on any atom is 0.330 e. The van der Waals surface area contributed by atoms with E-state index in [0.717, 1.165) is 4.68 Å². The van der Waals surface area contributed by atoms with Gasteiger partial charge < -0.3 is 4.74 Å². The lowest BCUT2D eigenvalue weighted by Crippen LogP contribution is -2.31. The molecule has 2 aromatic rings. The van der Waals surface area contributed by atoms with Gasteiger partial charge in [0, 0.05) is 11.6 Å². The van der Waals surface area contributed by atoms with Crippen LogP contribution in [0.15, 0.2) is 41.2 Å². The predicted molar refractivity (Wildman–Crippen MR) is 75.2 cm³/mol. The van der Waals surface area contributed by atoms with Gasteiger partial charge in [-0.1, -0.05) is 0 Å². The molecule has 21 heavy (non-hydrogen) atoms. The molecule has 0 spiro atoms. The van der Waals surface area contributed by atoms with Crippen molar-refractivity contribution in [3.05, 3.63) is 52.6 Å². The zero-order chi connectivity index (χ0) is 15.4. The topological polar surface area (TPSA) is 61.2 Å². The highest BCUT2D eigenvalue weighted by Crippen LogP contribution is 2.16. The molecule has 1 heterocycles. The van der Waals surface area contributed by atoms with Crippen molar-refractivity contribution in [2.24, 2.45) is 0 Å². The second-order valence-electron chi connectivity index (χ2n) is 4.44. The lowest BCUT2D eigenvalue weighted by Gasteiger charge is -2.13. The van der Waals surface area contributed by atoms with E-state index in [2.05, 4.69) is 5.10 Å². The molecule has 1 aromatic heterocycles. The first-order valence-corrected chi connectivity index (χ1v) is 6.55. The van der Waals surface area contributed by atoms with Gasteiger partial charge in [-0.3, -0.25) is 4.79 Å². The maximum absolute atomic E-state index is 12.9. The van der Waals surface area contributed by atoms with Crippen molar-refractivity contribution in [2.45, 2.75) is 19.9 Å². The Balaban J connectivity index is 2.39. The molecule has 0 radical (unpaired) electrons. The van der Waals surface area contributed by atoms with Crippen molar-refractivity contribution in [1.29, 1.82) is 0 Å². The minimum atomic E-state index is -0.821. The number of ether oxygens (including phenoxy) is 1. The van der Waals surface area contributed by atoms with Crippen LogP contribution in [0, 0.1) is 5.82 Å². The molecule has 110 valence electrons. The van der Waals surface area contributed by atoms with E-state index in [1.807, 2.05) is 0 Å². The summed E-state index contributed by atoms with van der Waals surface area (Å²) in [5.74, 6) is -0.879. The number of hydrogen-bond donors (Lipinski definition) is 0. The Morgan fingerprint density at radius 2 is 1.95 bits per heavy atom. The van der Waals surface area contributed by atoms with E-state index in [-0.39, 0.29) is 12.4 Å². The molecule has 0 bridgehead atoms. The minimum absolute atomic E-state index is 0.232. The summed E-state index contributed by atoms with van der Waals surface area (Å²) >= 11 is 0. The Bertz CT molecular complexity index is 695. The third kappa shape index (κ3) is 3.34. The fourth-order valence-corrected chi connectivity index (χ4v) is 1.84. The van der Waals surface area contributed by atoms with Gasteiger partial charge in [0.1, 0.15) is 5.82 Å². The van der Waals surface area contributed by atoms with E-state index in [9.17, 15) is 14.0 Å². The van der Waals surface area contributed by atoms with Crippen LogP contribution in [0.5, 0.6) is 0 Å². The average molecular weight is 290 g/mol. The van der Waals surface area contributed by atoms with E-state index in [1.54, 1.807) is 26.0 Å². The molecule has 0 fully saturated rings. The standard InChI is InChI=1S/C15H15FN2O3/c1-3-21-15(20)10(2)18-14(19)9-8-13(17-18)11-4-6-12(16)7-5-11/h4-10H,3H2,1-2H3/t10-/m0/s1. The lowest BCUT2D eigenvalue weighted by atomic mass is 10.1. The Labute approximate surface area is 121 Å². The summed E-state index contributed by atoms with van der Waals surface area (Å²) in [6, 6.07) is 7.76. The second kappa shape index (κ2) is 6.30. The monoisotopic (exact) mass is 290 g/mol. The zero-order valence-electron chi connectivity index (χ0n) is 11.7. The molecule has 0 saturated heterocycles. The summed E-state index contributed by atoms with van der Waals surface area (Å²) in [5, 5.41) is 4.16. The first-order valence-electron chi connectivity index (χ1n) is 6.55. The number of carbonyl (C=O) groups excluding carboxylic acids is 1. The first-order chi connectivity index (χ1) is 10.0. The zero-order valence-corrected chi connectivity index (χ0v) is 11.7. The van der Waals surface area contributed by atoms with Crippen LogP contribution in [-0.2, 0) is 9.53 Å². The van der Waals surface area contributed by atoms with Crippen LogP contribution in [0.4, 0.5) is 4.39 Å². The normalized spacial score (nSPS) is 12.0. The molecule has 0 saturated carbocycles. The van der Waals surface area contributed by atoms with Crippen LogP contribution in [0.2, 0.25) is 0 Å². The molecule has 0 aliphatic heterocycles. The van der Waals surface area contributed by atoms with Gasteiger partial charge in [-0.15, -0.1) is 0 Å². The van der Waals surface area contributed by atoms with Crippen molar-refractivity contribution in [1.82, 2.24) is 9.78 Å². The average Bonchev–Trinajstić information content (AvgIpc) is 2.48. The minimum Gasteiger partial charge on any atom is -0.464 e. The molecule has 0 N–H and O–H groups in total. The van der Waals surface area contributed by atoms with E-state index >= 15 is 0 Å². The van der Waals surface area contributed by atoms with Crippen molar-refractivity contribution in [3.63, 3.8) is 0 Å². The molecule has 0 aliphatic carbocycles. The Hall–Kier alpha value is -2.50. The molecular weight excluding hydrogens is 275 g/mol. The fraction of sp³-hybridized carbons (Fsp3) is 0.267. The van der Waals surface area contributed by atoms with Gasteiger partial charge in [0.05, 0.1) is 12.3 Å². The Morgan fingerprint density at radius 3 is 2.57 bits per heavy atom. The summed E-state index contributed by atoms with van der Waals surface area (Å²) < 4.78 is 18.9. The Morgan fingerprint density at radius 1 is 1.29 bits per heavy atom. The van der Waals surface area contributed by atoms with Gasteiger partial charge in [0.2, 0.25) is 0 Å². The van der Waals surface area contributed by atoms with Gasteiger partial charge in [0.15, 0.2) is 6.04 Å². The number of nitrogens with zero attached hydrogens (tertiary/aromatic N) is 2. The van der Waals surface area contributed by atoms with Crippen LogP contribution < -0.4 is 5.56 Å². The van der Waals surface area contributed by atoms with Crippen LogP contribution in [0.25, 0.3) is 11.3 Å². The van der Waals surface area contributed by atoms with Gasteiger partial charge >= 0.3 is 5.97 Å². The molecule has 1 aromatic carbocycles. The highest BCUT2D eigenvalue weighted by Gasteiger charge is 2.19. The number of benzene rings is 1. The lowest BCUT2D eigenvalue weighted by molar-refractivity contribution is -0.147.